The summed E-state index contributed by atoms with van der Waals surface area (Å²) in [7, 11) is 0. The van der Waals surface area contributed by atoms with E-state index in [0.29, 0.717) is 50.1 Å². The number of carbonyl (C=O) groups is 2. The monoisotopic (exact) mass is 551 g/mol. The Labute approximate surface area is 240 Å². The number of rotatable bonds is 16. The standard InChI is InChI=1S/C34H49NO5/c1-3-5-6-7-8-9-10-11-12-13-14-15-16-29(37)39-27-18-17-25-24-28-34(38)20-19-26(36)32-33(34,30(25)31(27)40-32)21-23-35(28)22-4-2/h4,17-18,28,32,38H,2-3,5-16,19-24H2,1H3/t28-,32-,33+,34-/m1/s1. The number of ether oxygens (including phenoxy) is 2. The lowest BCUT2D eigenvalue weighted by molar-refractivity contribution is -0.187. The van der Waals surface area contributed by atoms with Gasteiger partial charge in [0.15, 0.2) is 23.4 Å². The number of ketones is 1. The first-order valence-corrected chi connectivity index (χ1v) is 16.1. The normalized spacial score (nSPS) is 28.2. The van der Waals surface area contributed by atoms with Crippen LogP contribution in [-0.2, 0) is 21.4 Å². The molecule has 2 aliphatic heterocycles. The van der Waals surface area contributed by atoms with Crippen LogP contribution in [0.4, 0.5) is 0 Å². The minimum Gasteiger partial charge on any atom is -0.477 e. The van der Waals surface area contributed by atoms with Crippen molar-refractivity contribution < 1.29 is 24.2 Å². The van der Waals surface area contributed by atoms with Gasteiger partial charge in [0.1, 0.15) is 0 Å². The zero-order valence-corrected chi connectivity index (χ0v) is 24.6. The molecule has 2 heterocycles. The van der Waals surface area contributed by atoms with Crippen LogP contribution < -0.4 is 9.47 Å². The molecular formula is C34H49NO5. The van der Waals surface area contributed by atoms with Crippen molar-refractivity contribution in [2.75, 3.05) is 13.1 Å². The molecule has 0 aromatic heterocycles. The first-order valence-electron chi connectivity index (χ1n) is 16.1. The van der Waals surface area contributed by atoms with E-state index in [1.807, 2.05) is 18.2 Å². The van der Waals surface area contributed by atoms with Crippen molar-refractivity contribution in [3.8, 4) is 11.5 Å². The van der Waals surface area contributed by atoms with Gasteiger partial charge in [-0.15, -0.1) is 6.58 Å². The molecule has 1 saturated heterocycles. The molecule has 2 fully saturated rings. The summed E-state index contributed by atoms with van der Waals surface area (Å²) in [5.41, 5.74) is 0.184. The molecule has 1 aromatic rings. The summed E-state index contributed by atoms with van der Waals surface area (Å²) < 4.78 is 12.2. The molecule has 220 valence electrons. The van der Waals surface area contributed by atoms with Crippen molar-refractivity contribution >= 4 is 11.8 Å². The van der Waals surface area contributed by atoms with Gasteiger partial charge < -0.3 is 14.6 Å². The number of aliphatic hydroxyl groups is 1. The van der Waals surface area contributed by atoms with E-state index in [1.54, 1.807) is 0 Å². The number of Topliss-reactive ketones (excluding diaryl/α,β-unsaturated/α-hetero) is 1. The maximum absolute atomic E-state index is 13.2. The number of esters is 1. The molecule has 0 unspecified atom stereocenters. The predicted molar refractivity (Wildman–Crippen MR) is 157 cm³/mol. The maximum Gasteiger partial charge on any atom is 0.311 e. The van der Waals surface area contributed by atoms with E-state index in [9.17, 15) is 14.7 Å². The molecule has 40 heavy (non-hydrogen) atoms. The molecule has 4 atom stereocenters. The van der Waals surface area contributed by atoms with Crippen LogP contribution in [0, 0.1) is 0 Å². The second-order valence-corrected chi connectivity index (χ2v) is 12.7. The van der Waals surface area contributed by atoms with E-state index in [2.05, 4.69) is 18.4 Å². The highest BCUT2D eigenvalue weighted by Crippen LogP contribution is 2.64. The molecule has 2 bridgehead atoms. The molecule has 1 saturated carbocycles. The van der Waals surface area contributed by atoms with Gasteiger partial charge in [0, 0.05) is 37.5 Å². The van der Waals surface area contributed by atoms with Crippen LogP contribution in [0.1, 0.15) is 121 Å². The van der Waals surface area contributed by atoms with Gasteiger partial charge in [0.2, 0.25) is 0 Å². The van der Waals surface area contributed by atoms with Crippen molar-refractivity contribution in [2.24, 2.45) is 0 Å². The number of unbranched alkanes of at least 4 members (excludes halogenated alkanes) is 11. The molecule has 6 heteroatoms. The molecule has 0 amide bonds. The van der Waals surface area contributed by atoms with Crippen LogP contribution in [0.15, 0.2) is 24.8 Å². The SMILES string of the molecule is C=CCN1CC[C@]23c4c5ccc(OC(=O)CCCCCCCCCCCCCC)c4O[C@@H]2C(=O)CC[C@@]3(O)[C@H]1C5. The lowest BCUT2D eigenvalue weighted by atomic mass is 9.49. The van der Waals surface area contributed by atoms with E-state index >= 15 is 0 Å². The molecule has 5 rings (SSSR count). The van der Waals surface area contributed by atoms with Gasteiger partial charge in [-0.05, 0) is 37.3 Å². The van der Waals surface area contributed by atoms with E-state index in [0.717, 1.165) is 36.9 Å². The Morgan fingerprint density at radius 2 is 1.75 bits per heavy atom. The summed E-state index contributed by atoms with van der Waals surface area (Å²) in [4.78, 5) is 28.3. The van der Waals surface area contributed by atoms with Crippen LogP contribution in [0.5, 0.6) is 11.5 Å². The van der Waals surface area contributed by atoms with E-state index in [1.165, 1.54) is 57.8 Å². The molecule has 6 nitrogen and oxygen atoms in total. The fourth-order valence-electron chi connectivity index (χ4n) is 8.15. The number of carbonyl (C=O) groups excluding carboxylic acids is 2. The average molecular weight is 552 g/mol. The second kappa shape index (κ2) is 12.8. The third-order valence-corrected chi connectivity index (χ3v) is 10.2. The number of likely N-dealkylation sites (tertiary alicyclic amines) is 1. The van der Waals surface area contributed by atoms with Crippen molar-refractivity contribution in [2.45, 2.75) is 139 Å². The molecule has 2 aliphatic carbocycles. The highest BCUT2D eigenvalue weighted by atomic mass is 16.6. The van der Waals surface area contributed by atoms with Crippen LogP contribution in [0.25, 0.3) is 0 Å². The second-order valence-electron chi connectivity index (χ2n) is 12.7. The zero-order chi connectivity index (χ0) is 28.2. The quantitative estimate of drug-likeness (QED) is 0.108. The minimum atomic E-state index is -1.05. The Kier molecular flexibility index (Phi) is 9.36. The molecule has 0 radical (unpaired) electrons. The van der Waals surface area contributed by atoms with Gasteiger partial charge in [-0.1, -0.05) is 89.7 Å². The third-order valence-electron chi connectivity index (χ3n) is 10.2. The Hall–Kier alpha value is -2.18. The Morgan fingerprint density at radius 1 is 1.07 bits per heavy atom. The number of piperidine rings is 1. The van der Waals surface area contributed by atoms with Gasteiger partial charge in [0.25, 0.3) is 0 Å². The summed E-state index contributed by atoms with van der Waals surface area (Å²) in [5.74, 6) is 0.692. The van der Waals surface area contributed by atoms with Crippen molar-refractivity contribution in [1.82, 2.24) is 4.90 Å². The molecule has 1 spiro atoms. The molecule has 4 aliphatic rings. The Morgan fingerprint density at radius 3 is 2.42 bits per heavy atom. The number of benzene rings is 1. The maximum atomic E-state index is 13.2. The Balaban J connectivity index is 1.16. The van der Waals surface area contributed by atoms with E-state index < -0.39 is 17.1 Å². The first-order chi connectivity index (χ1) is 19.5. The lowest BCUT2D eigenvalue weighted by Crippen LogP contribution is -2.76. The summed E-state index contributed by atoms with van der Waals surface area (Å²) in [6.45, 7) is 7.65. The highest BCUT2D eigenvalue weighted by Gasteiger charge is 2.73. The number of nitrogens with zero attached hydrogens (tertiary/aromatic N) is 1. The fourth-order valence-corrected chi connectivity index (χ4v) is 8.15. The van der Waals surface area contributed by atoms with Crippen molar-refractivity contribution in [3.05, 3.63) is 35.9 Å². The highest BCUT2D eigenvalue weighted by molar-refractivity contribution is 5.90. The number of hydrogen-bond donors (Lipinski definition) is 1. The number of hydrogen-bond acceptors (Lipinski definition) is 6. The van der Waals surface area contributed by atoms with Crippen LogP contribution >= 0.6 is 0 Å². The van der Waals surface area contributed by atoms with Crippen LogP contribution in [-0.4, -0.2) is 52.6 Å². The van der Waals surface area contributed by atoms with Gasteiger partial charge in [-0.3, -0.25) is 14.5 Å². The smallest absolute Gasteiger partial charge is 0.311 e. The lowest BCUT2D eigenvalue weighted by Gasteiger charge is -2.62. The molecule has 1 N–H and O–H groups in total. The van der Waals surface area contributed by atoms with Gasteiger partial charge in [-0.2, -0.15) is 0 Å². The first kappa shape index (κ1) is 29.3. The predicted octanol–water partition coefficient (Wildman–Crippen LogP) is 6.59. The summed E-state index contributed by atoms with van der Waals surface area (Å²) in [6, 6.07) is 3.75. The van der Waals surface area contributed by atoms with E-state index in [-0.39, 0.29) is 17.8 Å². The average Bonchev–Trinajstić information content (AvgIpc) is 3.30. The summed E-state index contributed by atoms with van der Waals surface area (Å²) >= 11 is 0. The topological polar surface area (TPSA) is 76.1 Å². The summed E-state index contributed by atoms with van der Waals surface area (Å²) in [5, 5.41) is 12.3. The largest absolute Gasteiger partial charge is 0.477 e. The van der Waals surface area contributed by atoms with Gasteiger partial charge >= 0.3 is 5.97 Å². The third kappa shape index (κ3) is 5.27. The Bertz CT molecular complexity index is 1080. The molecular weight excluding hydrogens is 502 g/mol. The van der Waals surface area contributed by atoms with E-state index in [4.69, 9.17) is 9.47 Å². The van der Waals surface area contributed by atoms with Gasteiger partial charge in [0.05, 0.1) is 11.0 Å². The minimum absolute atomic E-state index is 0.0402. The van der Waals surface area contributed by atoms with Crippen LogP contribution in [0.2, 0.25) is 0 Å². The summed E-state index contributed by atoms with van der Waals surface area (Å²) in [6.07, 6.45) is 18.6. The van der Waals surface area contributed by atoms with Gasteiger partial charge in [-0.25, -0.2) is 0 Å². The van der Waals surface area contributed by atoms with Crippen molar-refractivity contribution in [1.29, 1.82) is 0 Å². The fraction of sp³-hybridized carbons (Fsp3) is 0.706. The molecule has 1 aromatic carbocycles. The van der Waals surface area contributed by atoms with Crippen molar-refractivity contribution in [3.63, 3.8) is 0 Å². The van der Waals surface area contributed by atoms with Crippen LogP contribution in [0.3, 0.4) is 0 Å². The zero-order valence-electron chi connectivity index (χ0n) is 24.6.